The lowest BCUT2D eigenvalue weighted by atomic mass is 9.95. The fourth-order valence-corrected chi connectivity index (χ4v) is 4.66. The Morgan fingerprint density at radius 3 is 2.71 bits per heavy atom. The number of carbonyl (C=O) groups excluding carboxylic acids is 1. The Balaban J connectivity index is 1.28. The number of piperidine rings is 1. The van der Waals surface area contributed by atoms with Gasteiger partial charge in [-0.3, -0.25) is 9.48 Å². The zero-order chi connectivity index (χ0) is 19.1. The molecule has 1 amide bonds. The second-order valence-electron chi connectivity index (χ2n) is 8.31. The standard InChI is InChI=1S/C20H29N7O/c1-2-8-27-18(14-3-4-14)16(12-22-27)20(28)25-9-5-15(6-10-25)19-24-23-17-13-21-7-11-26(17)19/h12,14-15,21H,2-11,13H2,1H3. The van der Waals surface area contributed by atoms with Crippen molar-refractivity contribution in [3.05, 3.63) is 29.1 Å². The van der Waals surface area contributed by atoms with E-state index in [1.54, 1.807) is 6.20 Å². The van der Waals surface area contributed by atoms with Crippen LogP contribution in [0.3, 0.4) is 0 Å². The van der Waals surface area contributed by atoms with Gasteiger partial charge in [-0.15, -0.1) is 10.2 Å². The molecule has 28 heavy (non-hydrogen) atoms. The van der Waals surface area contributed by atoms with Crippen molar-refractivity contribution in [2.45, 2.75) is 70.5 Å². The molecule has 4 heterocycles. The summed E-state index contributed by atoms with van der Waals surface area (Å²) >= 11 is 0. The molecule has 3 aliphatic rings. The summed E-state index contributed by atoms with van der Waals surface area (Å²) in [6, 6.07) is 0. The molecule has 1 N–H and O–H groups in total. The zero-order valence-corrected chi connectivity index (χ0v) is 16.6. The summed E-state index contributed by atoms with van der Waals surface area (Å²) in [4.78, 5) is 15.2. The number of carbonyl (C=O) groups is 1. The van der Waals surface area contributed by atoms with E-state index in [0.717, 1.165) is 75.7 Å². The third-order valence-electron chi connectivity index (χ3n) is 6.31. The first-order valence-corrected chi connectivity index (χ1v) is 10.7. The molecule has 1 saturated heterocycles. The van der Waals surface area contributed by atoms with E-state index in [-0.39, 0.29) is 5.91 Å². The van der Waals surface area contributed by atoms with Crippen LogP contribution in [0, 0.1) is 0 Å². The largest absolute Gasteiger partial charge is 0.338 e. The number of hydrogen-bond acceptors (Lipinski definition) is 5. The van der Waals surface area contributed by atoms with E-state index in [1.807, 2.05) is 4.90 Å². The van der Waals surface area contributed by atoms with Gasteiger partial charge in [-0.05, 0) is 32.1 Å². The Kier molecular flexibility index (Phi) is 4.66. The zero-order valence-electron chi connectivity index (χ0n) is 16.6. The predicted molar refractivity (Wildman–Crippen MR) is 104 cm³/mol. The Morgan fingerprint density at radius 2 is 1.96 bits per heavy atom. The lowest BCUT2D eigenvalue weighted by molar-refractivity contribution is 0.0708. The van der Waals surface area contributed by atoms with Crippen LogP contribution in [0.5, 0.6) is 0 Å². The van der Waals surface area contributed by atoms with Crippen LogP contribution in [0.1, 0.15) is 78.6 Å². The topological polar surface area (TPSA) is 80.9 Å². The van der Waals surface area contributed by atoms with Crippen molar-refractivity contribution in [2.24, 2.45) is 0 Å². The monoisotopic (exact) mass is 383 g/mol. The third-order valence-corrected chi connectivity index (χ3v) is 6.31. The van der Waals surface area contributed by atoms with Gasteiger partial charge in [-0.25, -0.2) is 0 Å². The Bertz CT molecular complexity index is 858. The van der Waals surface area contributed by atoms with Crippen LogP contribution in [0.2, 0.25) is 0 Å². The van der Waals surface area contributed by atoms with Crippen molar-refractivity contribution < 1.29 is 4.79 Å². The summed E-state index contributed by atoms with van der Waals surface area (Å²) in [7, 11) is 0. The van der Waals surface area contributed by atoms with Crippen molar-refractivity contribution in [1.29, 1.82) is 0 Å². The van der Waals surface area contributed by atoms with E-state index >= 15 is 0 Å². The van der Waals surface area contributed by atoms with E-state index in [2.05, 4.69) is 36.8 Å². The molecule has 0 unspecified atom stereocenters. The van der Waals surface area contributed by atoms with E-state index in [4.69, 9.17) is 0 Å². The normalized spacial score (nSPS) is 20.4. The van der Waals surface area contributed by atoms with Crippen LogP contribution in [0.25, 0.3) is 0 Å². The van der Waals surface area contributed by atoms with E-state index in [1.165, 1.54) is 18.5 Å². The molecule has 8 heteroatoms. The number of nitrogens with zero attached hydrogens (tertiary/aromatic N) is 6. The van der Waals surface area contributed by atoms with E-state index < -0.39 is 0 Å². The summed E-state index contributed by atoms with van der Waals surface area (Å²) in [5, 5.41) is 16.7. The number of rotatable bonds is 5. The maximum atomic E-state index is 13.2. The summed E-state index contributed by atoms with van der Waals surface area (Å²) in [5.74, 6) is 3.24. The average molecular weight is 384 g/mol. The average Bonchev–Trinajstić information content (AvgIpc) is 3.34. The van der Waals surface area contributed by atoms with Gasteiger partial charge in [0.05, 0.1) is 24.0 Å². The van der Waals surface area contributed by atoms with Crippen molar-refractivity contribution in [3.8, 4) is 0 Å². The molecule has 0 bridgehead atoms. The van der Waals surface area contributed by atoms with Crippen molar-refractivity contribution >= 4 is 5.91 Å². The molecule has 1 saturated carbocycles. The lowest BCUT2D eigenvalue weighted by Gasteiger charge is -2.32. The Labute approximate surface area is 165 Å². The fourth-order valence-electron chi connectivity index (χ4n) is 4.66. The molecule has 2 fully saturated rings. The molecule has 0 aromatic carbocycles. The van der Waals surface area contributed by atoms with Gasteiger partial charge in [0.25, 0.3) is 5.91 Å². The van der Waals surface area contributed by atoms with E-state index in [9.17, 15) is 4.79 Å². The van der Waals surface area contributed by atoms with Crippen LogP contribution >= 0.6 is 0 Å². The highest BCUT2D eigenvalue weighted by Crippen LogP contribution is 2.42. The van der Waals surface area contributed by atoms with Gasteiger partial charge in [0.2, 0.25) is 0 Å². The number of aryl methyl sites for hydroxylation is 1. The number of nitrogens with one attached hydrogen (secondary N) is 1. The number of likely N-dealkylation sites (tertiary alicyclic amines) is 1. The molecule has 8 nitrogen and oxygen atoms in total. The highest BCUT2D eigenvalue weighted by atomic mass is 16.2. The highest BCUT2D eigenvalue weighted by Gasteiger charge is 2.35. The molecule has 2 aromatic rings. The van der Waals surface area contributed by atoms with Crippen LogP contribution in [0.15, 0.2) is 6.20 Å². The molecular weight excluding hydrogens is 354 g/mol. The molecule has 0 radical (unpaired) electrons. The quantitative estimate of drug-likeness (QED) is 0.853. The van der Waals surface area contributed by atoms with Crippen molar-refractivity contribution in [1.82, 2.24) is 34.8 Å². The molecule has 2 aliphatic heterocycles. The minimum atomic E-state index is 0.162. The van der Waals surface area contributed by atoms with Crippen LogP contribution in [0.4, 0.5) is 0 Å². The van der Waals surface area contributed by atoms with Gasteiger partial charge in [-0.2, -0.15) is 5.10 Å². The number of amides is 1. The summed E-state index contributed by atoms with van der Waals surface area (Å²) < 4.78 is 4.34. The van der Waals surface area contributed by atoms with Crippen molar-refractivity contribution in [3.63, 3.8) is 0 Å². The fraction of sp³-hybridized carbons (Fsp3) is 0.700. The van der Waals surface area contributed by atoms with Crippen LogP contribution in [-0.4, -0.2) is 55.0 Å². The summed E-state index contributed by atoms with van der Waals surface area (Å²) in [6.45, 7) is 7.34. The van der Waals surface area contributed by atoms with Gasteiger partial charge in [-0.1, -0.05) is 6.92 Å². The second-order valence-corrected chi connectivity index (χ2v) is 8.31. The predicted octanol–water partition coefficient (Wildman–Crippen LogP) is 1.88. The van der Waals surface area contributed by atoms with Crippen molar-refractivity contribution in [2.75, 3.05) is 19.6 Å². The minimum Gasteiger partial charge on any atom is -0.338 e. The van der Waals surface area contributed by atoms with Gasteiger partial charge >= 0.3 is 0 Å². The minimum absolute atomic E-state index is 0.162. The van der Waals surface area contributed by atoms with Gasteiger partial charge in [0.15, 0.2) is 0 Å². The van der Waals surface area contributed by atoms with Gasteiger partial charge in [0, 0.05) is 44.6 Å². The first-order chi connectivity index (χ1) is 13.8. The lowest BCUT2D eigenvalue weighted by Crippen LogP contribution is -2.39. The SMILES string of the molecule is CCCn1ncc(C(=O)N2CCC(c3nnc4n3CCNC4)CC2)c1C1CC1. The highest BCUT2D eigenvalue weighted by molar-refractivity contribution is 5.95. The van der Waals surface area contributed by atoms with Gasteiger partial charge < -0.3 is 14.8 Å². The molecule has 5 rings (SSSR count). The molecule has 0 spiro atoms. The van der Waals surface area contributed by atoms with E-state index in [0.29, 0.717) is 11.8 Å². The van der Waals surface area contributed by atoms with Gasteiger partial charge in [0.1, 0.15) is 11.6 Å². The Morgan fingerprint density at radius 1 is 1.14 bits per heavy atom. The molecule has 1 aliphatic carbocycles. The van der Waals surface area contributed by atoms with Crippen LogP contribution in [-0.2, 0) is 19.6 Å². The smallest absolute Gasteiger partial charge is 0.257 e. The molecule has 0 atom stereocenters. The Hall–Kier alpha value is -2.22. The maximum Gasteiger partial charge on any atom is 0.257 e. The summed E-state index contributed by atoms with van der Waals surface area (Å²) in [5.41, 5.74) is 2.01. The number of fused-ring (bicyclic) bond motifs is 1. The molecular formula is C20H29N7O. The number of hydrogen-bond donors (Lipinski definition) is 1. The maximum absolute atomic E-state index is 13.2. The first-order valence-electron chi connectivity index (χ1n) is 10.7. The first kappa shape index (κ1) is 17.8. The van der Waals surface area contributed by atoms with Crippen LogP contribution < -0.4 is 5.32 Å². The third kappa shape index (κ3) is 3.13. The summed E-state index contributed by atoms with van der Waals surface area (Å²) in [6.07, 6.45) is 7.13. The molecule has 2 aromatic heterocycles. The number of aromatic nitrogens is 5. The second kappa shape index (κ2) is 7.31. The molecule has 150 valence electrons.